The molecule has 0 aliphatic heterocycles. The fourth-order valence-corrected chi connectivity index (χ4v) is 4.17. The molecule has 122 valence electrons. The minimum Gasteiger partial charge on any atom is -0.131 e. The van der Waals surface area contributed by atoms with Crippen LogP contribution in [-0.2, 0) is 0 Å². The average molecular weight is 301 g/mol. The third-order valence-electron chi connectivity index (χ3n) is 4.85. The number of hydrogen-bond acceptors (Lipinski definition) is 0. The number of rotatable bonds is 14. The van der Waals surface area contributed by atoms with Gasteiger partial charge in [0.25, 0.3) is 0 Å². The van der Waals surface area contributed by atoms with E-state index in [0.29, 0.717) is 5.16 Å². The summed E-state index contributed by atoms with van der Waals surface area (Å²) in [5.41, 5.74) is 0. The lowest BCUT2D eigenvalue weighted by Gasteiger charge is -2.38. The highest BCUT2D eigenvalue weighted by Crippen LogP contribution is 2.43. The molecule has 0 aliphatic carbocycles. The van der Waals surface area contributed by atoms with Crippen molar-refractivity contribution in [3.8, 4) is 0 Å². The quantitative estimate of drug-likeness (QED) is 0.232. The van der Waals surface area contributed by atoms with Crippen LogP contribution in [0.2, 0.25) is 0 Å². The van der Waals surface area contributed by atoms with Crippen LogP contribution in [0.25, 0.3) is 0 Å². The Balaban J connectivity index is 4.53. The molecule has 0 saturated heterocycles. The Kier molecular flexibility index (Phi) is 13.4. The van der Waals surface area contributed by atoms with E-state index in [1.54, 1.807) is 0 Å². The third kappa shape index (κ3) is 8.66. The van der Waals surface area contributed by atoms with E-state index in [1.165, 1.54) is 83.5 Å². The van der Waals surface area contributed by atoms with Crippen LogP contribution in [0.15, 0.2) is 0 Å². The van der Waals surface area contributed by atoms with Gasteiger partial charge in [0.2, 0.25) is 0 Å². The monoisotopic (exact) mass is 300 g/mol. The second kappa shape index (κ2) is 13.1. The molecule has 2 unspecified atom stereocenters. The van der Waals surface area contributed by atoms with Crippen LogP contribution in [0.3, 0.4) is 0 Å². The van der Waals surface area contributed by atoms with E-state index in [9.17, 15) is 0 Å². The molecule has 0 fully saturated rings. The molecule has 0 nitrogen and oxygen atoms in total. The summed E-state index contributed by atoms with van der Waals surface area (Å²) in [5.74, 6) is 0.937. The SMILES string of the molecule is CCCCCCC(CCC)C(P)(CCCC)CCCC. The molecule has 20 heavy (non-hydrogen) atoms. The highest BCUT2D eigenvalue weighted by atomic mass is 31.0. The summed E-state index contributed by atoms with van der Waals surface area (Å²) in [4.78, 5) is 0. The number of unbranched alkanes of at least 4 members (excludes halogenated alkanes) is 5. The average Bonchev–Trinajstić information content (AvgIpc) is 2.46. The number of hydrogen-bond donors (Lipinski definition) is 0. The fourth-order valence-electron chi connectivity index (χ4n) is 3.43. The van der Waals surface area contributed by atoms with Gasteiger partial charge in [0, 0.05) is 0 Å². The maximum atomic E-state index is 3.33. The first kappa shape index (κ1) is 20.4. The molecule has 2 atom stereocenters. The maximum absolute atomic E-state index is 3.33. The summed E-state index contributed by atoms with van der Waals surface area (Å²) < 4.78 is 0. The van der Waals surface area contributed by atoms with Crippen LogP contribution in [0.5, 0.6) is 0 Å². The Morgan fingerprint density at radius 3 is 1.65 bits per heavy atom. The van der Waals surface area contributed by atoms with Gasteiger partial charge in [-0.1, -0.05) is 85.5 Å². The van der Waals surface area contributed by atoms with Crippen LogP contribution >= 0.6 is 9.24 Å². The zero-order chi connectivity index (χ0) is 15.3. The Morgan fingerprint density at radius 1 is 0.650 bits per heavy atom. The van der Waals surface area contributed by atoms with Gasteiger partial charge in [-0.25, -0.2) is 0 Å². The Bertz CT molecular complexity index is 192. The Morgan fingerprint density at radius 2 is 1.20 bits per heavy atom. The van der Waals surface area contributed by atoms with Gasteiger partial charge in [-0.05, 0) is 36.8 Å². The molecule has 0 amide bonds. The van der Waals surface area contributed by atoms with Crippen LogP contribution in [0.1, 0.15) is 111 Å². The highest BCUT2D eigenvalue weighted by molar-refractivity contribution is 7.19. The second-order valence-corrected chi connectivity index (χ2v) is 7.93. The van der Waals surface area contributed by atoms with Crippen molar-refractivity contribution in [2.24, 2.45) is 5.92 Å². The molecule has 0 aliphatic rings. The first-order valence-corrected chi connectivity index (χ1v) is 10.0. The molecule has 0 bridgehead atoms. The molecule has 0 rings (SSSR count). The molecule has 0 spiro atoms. The van der Waals surface area contributed by atoms with Crippen molar-refractivity contribution in [3.05, 3.63) is 0 Å². The Hall–Kier alpha value is 0.430. The highest BCUT2D eigenvalue weighted by Gasteiger charge is 2.32. The van der Waals surface area contributed by atoms with Gasteiger partial charge >= 0.3 is 0 Å². The predicted molar refractivity (Wildman–Crippen MR) is 98.6 cm³/mol. The summed E-state index contributed by atoms with van der Waals surface area (Å²) in [5, 5.41) is 0.536. The molecule has 1 heteroatoms. The van der Waals surface area contributed by atoms with Gasteiger partial charge in [-0.15, -0.1) is 9.24 Å². The summed E-state index contributed by atoms with van der Waals surface area (Å²) in [7, 11) is 3.33. The van der Waals surface area contributed by atoms with Crippen molar-refractivity contribution < 1.29 is 0 Å². The van der Waals surface area contributed by atoms with E-state index in [2.05, 4.69) is 36.9 Å². The van der Waals surface area contributed by atoms with Crippen LogP contribution < -0.4 is 0 Å². The van der Waals surface area contributed by atoms with E-state index >= 15 is 0 Å². The minimum absolute atomic E-state index is 0.536. The minimum atomic E-state index is 0.536. The fraction of sp³-hybridized carbons (Fsp3) is 1.00. The van der Waals surface area contributed by atoms with Crippen LogP contribution in [0, 0.1) is 5.92 Å². The van der Waals surface area contributed by atoms with E-state index in [4.69, 9.17) is 0 Å². The lowest BCUT2D eigenvalue weighted by molar-refractivity contribution is 0.278. The molecule has 0 heterocycles. The van der Waals surface area contributed by atoms with Crippen molar-refractivity contribution in [2.75, 3.05) is 0 Å². The third-order valence-corrected chi connectivity index (χ3v) is 5.90. The van der Waals surface area contributed by atoms with Gasteiger partial charge in [0.15, 0.2) is 0 Å². The zero-order valence-electron chi connectivity index (χ0n) is 14.8. The van der Waals surface area contributed by atoms with Crippen molar-refractivity contribution >= 4 is 9.24 Å². The summed E-state index contributed by atoms with van der Waals surface area (Å²) >= 11 is 0. The molecule has 0 N–H and O–H groups in total. The van der Waals surface area contributed by atoms with Crippen molar-refractivity contribution in [2.45, 2.75) is 116 Å². The van der Waals surface area contributed by atoms with Crippen molar-refractivity contribution in [3.63, 3.8) is 0 Å². The van der Waals surface area contributed by atoms with Gasteiger partial charge in [0.1, 0.15) is 0 Å². The lowest BCUT2D eigenvalue weighted by Crippen LogP contribution is -2.31. The molecule has 0 radical (unpaired) electrons. The zero-order valence-corrected chi connectivity index (χ0v) is 16.0. The molecule has 0 saturated carbocycles. The molecule has 0 aromatic rings. The first-order valence-electron chi connectivity index (χ1n) is 9.43. The molecule has 0 aromatic carbocycles. The van der Waals surface area contributed by atoms with Crippen molar-refractivity contribution in [1.82, 2.24) is 0 Å². The van der Waals surface area contributed by atoms with Gasteiger partial charge in [-0.2, -0.15) is 0 Å². The maximum Gasteiger partial charge on any atom is -0.0122 e. The van der Waals surface area contributed by atoms with Gasteiger partial charge < -0.3 is 0 Å². The molecular weight excluding hydrogens is 259 g/mol. The van der Waals surface area contributed by atoms with E-state index in [1.807, 2.05) is 0 Å². The van der Waals surface area contributed by atoms with Gasteiger partial charge in [-0.3, -0.25) is 0 Å². The predicted octanol–water partition coefficient (Wildman–Crippen LogP) is 7.37. The van der Waals surface area contributed by atoms with E-state index in [0.717, 1.165) is 5.92 Å². The summed E-state index contributed by atoms with van der Waals surface area (Å²) in [6.45, 7) is 9.34. The second-order valence-electron chi connectivity index (χ2n) is 6.78. The van der Waals surface area contributed by atoms with Crippen molar-refractivity contribution in [1.29, 1.82) is 0 Å². The van der Waals surface area contributed by atoms with Crippen LogP contribution in [0.4, 0.5) is 0 Å². The normalized spacial score (nSPS) is 13.7. The largest absolute Gasteiger partial charge is 0.131 e. The lowest BCUT2D eigenvalue weighted by atomic mass is 9.77. The van der Waals surface area contributed by atoms with E-state index in [-0.39, 0.29) is 0 Å². The summed E-state index contributed by atoms with van der Waals surface area (Å²) in [6.07, 6.45) is 18.3. The molecule has 0 aromatic heterocycles. The standard InChI is InChI=1S/C19H41P/c1-5-9-12-13-15-18(14-8-4)19(20,16-10-6-2)17-11-7-3/h18H,5-17,20H2,1-4H3. The van der Waals surface area contributed by atoms with E-state index < -0.39 is 0 Å². The summed E-state index contributed by atoms with van der Waals surface area (Å²) in [6, 6.07) is 0. The van der Waals surface area contributed by atoms with Crippen LogP contribution in [-0.4, -0.2) is 5.16 Å². The van der Waals surface area contributed by atoms with Gasteiger partial charge in [0.05, 0.1) is 0 Å². The first-order chi connectivity index (χ1) is 9.64. The topological polar surface area (TPSA) is 0 Å². The Labute approximate surface area is 132 Å². The molecular formula is C19H41P. The smallest absolute Gasteiger partial charge is 0.0122 e.